The summed E-state index contributed by atoms with van der Waals surface area (Å²) in [5, 5.41) is 129. The fourth-order valence-corrected chi connectivity index (χ4v) is 15.5. The van der Waals surface area contributed by atoms with Crippen molar-refractivity contribution in [1.82, 2.24) is 0 Å². The minimum atomic E-state index is -2.01. The number of aliphatic hydroxyl groups is 12. The number of allylic oxidation sites excluding steroid dienone is 1. The summed E-state index contributed by atoms with van der Waals surface area (Å²) in [6, 6.07) is 0. The van der Waals surface area contributed by atoms with Crippen molar-refractivity contribution < 1.29 is 109 Å². The monoisotopic (exact) mass is 1050 g/mol. The minimum absolute atomic E-state index is 0.0859. The van der Waals surface area contributed by atoms with Gasteiger partial charge in [0.1, 0.15) is 91.6 Å². The van der Waals surface area contributed by atoms with E-state index in [0.717, 1.165) is 51.6 Å². The molecule has 31 atom stereocenters. The van der Waals surface area contributed by atoms with Gasteiger partial charge in [0.15, 0.2) is 30.9 Å². The van der Waals surface area contributed by atoms with Gasteiger partial charge in [-0.05, 0) is 98.7 Å². The van der Waals surface area contributed by atoms with Crippen molar-refractivity contribution in [3.63, 3.8) is 0 Å². The molecule has 10 aliphatic rings. The van der Waals surface area contributed by atoms with Gasteiger partial charge in [-0.2, -0.15) is 0 Å². The third kappa shape index (κ3) is 9.42. The van der Waals surface area contributed by atoms with Gasteiger partial charge in [0.05, 0.1) is 44.7 Å². The molecule has 6 heterocycles. The average molecular weight is 1050 g/mol. The quantitative estimate of drug-likeness (QED) is 0.1000. The van der Waals surface area contributed by atoms with Crippen molar-refractivity contribution in [1.29, 1.82) is 0 Å². The molecule has 418 valence electrons. The second-order valence-electron chi connectivity index (χ2n) is 23.9. The lowest BCUT2D eigenvalue weighted by Gasteiger charge is -2.59. The lowest BCUT2D eigenvalue weighted by molar-refractivity contribution is -0.396. The Balaban J connectivity index is 0.841. The van der Waals surface area contributed by atoms with Crippen LogP contribution in [0.2, 0.25) is 0 Å². The molecule has 10 rings (SSSR count). The summed E-state index contributed by atoms with van der Waals surface area (Å²) in [6.07, 6.45) is -22.6. The van der Waals surface area contributed by atoms with Gasteiger partial charge >= 0.3 is 0 Å². The molecule has 9 fully saturated rings. The molecule has 0 aromatic rings. The van der Waals surface area contributed by atoms with Crippen LogP contribution in [-0.2, 0) is 47.4 Å². The minimum Gasteiger partial charge on any atom is -0.394 e. The molecule has 0 unspecified atom stereocenters. The van der Waals surface area contributed by atoms with Crippen molar-refractivity contribution in [2.75, 3.05) is 26.4 Å². The molecular weight excluding hydrogens is 965 g/mol. The maximum Gasteiger partial charge on any atom is 0.187 e. The van der Waals surface area contributed by atoms with E-state index in [1.807, 2.05) is 0 Å². The Morgan fingerprint density at radius 1 is 0.575 bits per heavy atom. The van der Waals surface area contributed by atoms with Gasteiger partial charge in [-0.15, -0.1) is 0 Å². The Morgan fingerprint density at radius 2 is 1.16 bits per heavy atom. The zero-order valence-electron chi connectivity index (χ0n) is 42.4. The lowest BCUT2D eigenvalue weighted by atomic mass is 9.47. The van der Waals surface area contributed by atoms with Crippen molar-refractivity contribution in [2.24, 2.45) is 46.3 Å². The third-order valence-electron chi connectivity index (χ3n) is 19.8. The average Bonchev–Trinajstić information content (AvgIpc) is 3.83. The molecule has 6 saturated heterocycles. The predicted octanol–water partition coefficient (Wildman–Crippen LogP) is -1.96. The molecule has 6 aliphatic heterocycles. The summed E-state index contributed by atoms with van der Waals surface area (Å²) >= 11 is 0. The van der Waals surface area contributed by atoms with E-state index >= 15 is 0 Å². The number of fused-ring (bicyclic) bond motifs is 7. The molecule has 0 aromatic carbocycles. The highest BCUT2D eigenvalue weighted by molar-refractivity contribution is 5.26. The van der Waals surface area contributed by atoms with Crippen LogP contribution < -0.4 is 0 Å². The van der Waals surface area contributed by atoms with Crippen molar-refractivity contribution in [2.45, 2.75) is 233 Å². The summed E-state index contributed by atoms with van der Waals surface area (Å²) in [7, 11) is 0. The van der Waals surface area contributed by atoms with Crippen molar-refractivity contribution in [3.05, 3.63) is 11.6 Å². The molecule has 12 N–H and O–H groups in total. The van der Waals surface area contributed by atoms with E-state index < -0.39 is 155 Å². The highest BCUT2D eigenvalue weighted by Gasteiger charge is 2.69. The number of aliphatic hydroxyl groups excluding tert-OH is 12. The summed E-state index contributed by atoms with van der Waals surface area (Å²) in [5.41, 5.74) is 1.36. The molecular formula is C51H82O22. The zero-order chi connectivity index (χ0) is 52.2. The zero-order valence-corrected chi connectivity index (χ0v) is 42.4. The molecule has 3 saturated carbocycles. The van der Waals surface area contributed by atoms with Crippen LogP contribution in [-0.4, -0.2) is 229 Å². The van der Waals surface area contributed by atoms with E-state index in [1.165, 1.54) is 12.5 Å². The van der Waals surface area contributed by atoms with Crippen LogP contribution in [0, 0.1) is 46.3 Å². The first-order valence-electron chi connectivity index (χ1n) is 26.9. The molecule has 0 amide bonds. The fraction of sp³-hybridized carbons (Fsp3) is 0.961. The summed E-state index contributed by atoms with van der Waals surface area (Å²) < 4.78 is 61.7. The second kappa shape index (κ2) is 21.2. The van der Waals surface area contributed by atoms with Gasteiger partial charge in [-0.3, -0.25) is 0 Å². The largest absolute Gasteiger partial charge is 0.394 e. The van der Waals surface area contributed by atoms with E-state index in [4.69, 9.17) is 47.4 Å². The molecule has 22 heteroatoms. The van der Waals surface area contributed by atoms with Crippen LogP contribution in [0.25, 0.3) is 0 Å². The molecule has 73 heavy (non-hydrogen) atoms. The van der Waals surface area contributed by atoms with Crippen LogP contribution in [0.4, 0.5) is 0 Å². The Labute approximate surface area is 425 Å². The molecule has 4 aliphatic carbocycles. The summed E-state index contributed by atoms with van der Waals surface area (Å²) in [5.74, 6) is 2.34. The number of hydrogen-bond donors (Lipinski definition) is 12. The fourth-order valence-electron chi connectivity index (χ4n) is 15.5. The van der Waals surface area contributed by atoms with Crippen molar-refractivity contribution in [3.8, 4) is 0 Å². The molecule has 1 spiro atoms. The van der Waals surface area contributed by atoms with Crippen LogP contribution in [0.3, 0.4) is 0 Å². The Morgan fingerprint density at radius 3 is 1.81 bits per heavy atom. The molecule has 0 bridgehead atoms. The Hall–Kier alpha value is -1.14. The van der Waals surface area contributed by atoms with Crippen LogP contribution in [0.1, 0.15) is 92.4 Å². The first-order valence-corrected chi connectivity index (χ1v) is 26.9. The number of rotatable bonds is 11. The maximum absolute atomic E-state index is 12.3. The van der Waals surface area contributed by atoms with Crippen LogP contribution >= 0.6 is 0 Å². The van der Waals surface area contributed by atoms with Gasteiger partial charge in [-0.25, -0.2) is 0 Å². The Bertz CT molecular complexity index is 1920. The highest BCUT2D eigenvalue weighted by Crippen LogP contribution is 2.71. The predicted molar refractivity (Wildman–Crippen MR) is 247 cm³/mol. The smallest absolute Gasteiger partial charge is 0.187 e. The lowest BCUT2D eigenvalue weighted by Crippen LogP contribution is -2.67. The maximum atomic E-state index is 12.3. The standard InChI is InChI=1S/C51H82O22/c1-20-8-13-51(64-19-20)21(2)32-28(73-51)15-27-25-7-6-23-14-24(9-11-49(23,4)26(25)10-12-50(27,32)5)66-48-44(72-45-38(60)35(57)33(55)22(3)65-45)41(63)43(31(18-54)69-48)71-47-40(62)37(59)42(30(17-53)68-47)70-46-39(61)36(58)34(56)29(16-52)67-46/h6,20-22,24-48,52-63H,7-19H2,1-5H3/t20-,21+,22+,24+,25-,26+,27+,28+,29-,30-,31-,32+,33+,34-,35-,36+,37-,38-,39-,40-,41+,42-,43-,44-,45+,46+,47+,48-,49+,50+,51-/m1/s1. The van der Waals surface area contributed by atoms with Gasteiger partial charge in [0.25, 0.3) is 0 Å². The van der Waals surface area contributed by atoms with Crippen LogP contribution in [0.5, 0.6) is 0 Å². The van der Waals surface area contributed by atoms with E-state index in [1.54, 1.807) is 0 Å². The molecule has 0 radical (unpaired) electrons. The van der Waals surface area contributed by atoms with E-state index in [2.05, 4.69) is 33.8 Å². The SMILES string of the molecule is C[C@@H]1CC[C@@]2(OC1)O[C@H]1C[C@H]3[C@@H]4CC=C5C[C@@H](O[C@@H]6O[C@H](CO)[C@@H](O[C@@H]7O[C@H](CO)[C@@H](O[C@@H]8O[C@H](CO)[C@@H](O)[C@H](O)[C@H]8O)[C@H](O)[C@H]7O)[C@H](O)[C@H]6O[C@@H]6O[C@@H](C)[C@H](O)[C@@H](O)[C@H]6O)CC[C@]5(C)[C@H]4CC[C@]3(C)[C@H]1[C@@H]2C. The first-order chi connectivity index (χ1) is 34.7. The number of hydrogen-bond acceptors (Lipinski definition) is 22. The van der Waals surface area contributed by atoms with Gasteiger partial charge < -0.3 is 109 Å². The Kier molecular flexibility index (Phi) is 16.0. The number of ether oxygens (including phenoxy) is 10. The highest BCUT2D eigenvalue weighted by atomic mass is 16.8. The van der Waals surface area contributed by atoms with Gasteiger partial charge in [0.2, 0.25) is 0 Å². The normalized spacial score (nSPS) is 57.1. The van der Waals surface area contributed by atoms with Gasteiger partial charge in [0, 0.05) is 12.3 Å². The summed E-state index contributed by atoms with van der Waals surface area (Å²) in [6.45, 7) is 9.31. The van der Waals surface area contributed by atoms with E-state index in [-0.39, 0.29) is 16.9 Å². The topological polar surface area (TPSA) is 335 Å². The summed E-state index contributed by atoms with van der Waals surface area (Å²) in [4.78, 5) is 0. The van der Waals surface area contributed by atoms with E-state index in [0.29, 0.717) is 48.3 Å². The van der Waals surface area contributed by atoms with Crippen molar-refractivity contribution >= 4 is 0 Å². The van der Waals surface area contributed by atoms with Crippen LogP contribution in [0.15, 0.2) is 11.6 Å². The van der Waals surface area contributed by atoms with E-state index in [9.17, 15) is 61.3 Å². The van der Waals surface area contributed by atoms with Gasteiger partial charge in [-0.1, -0.05) is 39.3 Å². The second-order valence-corrected chi connectivity index (χ2v) is 23.9. The molecule has 22 nitrogen and oxygen atoms in total. The molecule has 0 aromatic heterocycles. The first kappa shape index (κ1) is 55.2. The third-order valence-corrected chi connectivity index (χ3v) is 19.8.